The molecular formula is C23H21ClN4O3. The van der Waals surface area contributed by atoms with Crippen molar-refractivity contribution >= 4 is 23.3 Å². The summed E-state index contributed by atoms with van der Waals surface area (Å²) in [5.74, 6) is 1.97. The van der Waals surface area contributed by atoms with E-state index in [9.17, 15) is 4.79 Å². The molecule has 1 aliphatic heterocycles. The lowest BCUT2D eigenvalue weighted by Crippen LogP contribution is -2.33. The van der Waals surface area contributed by atoms with Gasteiger partial charge in [0.1, 0.15) is 12.4 Å². The number of Topliss-reactive ketones (excluding diaryl/α,β-unsaturated/α-hetero) is 1. The van der Waals surface area contributed by atoms with Crippen molar-refractivity contribution < 1.29 is 14.3 Å². The van der Waals surface area contributed by atoms with Gasteiger partial charge in [-0.3, -0.25) is 4.79 Å². The minimum absolute atomic E-state index is 0.0537. The minimum Gasteiger partial charge on any atom is -0.493 e. The summed E-state index contributed by atoms with van der Waals surface area (Å²) in [6, 6.07) is 13.0. The highest BCUT2D eigenvalue weighted by Crippen LogP contribution is 2.45. The van der Waals surface area contributed by atoms with Gasteiger partial charge in [0.15, 0.2) is 17.3 Å². The van der Waals surface area contributed by atoms with Crippen LogP contribution in [0.2, 0.25) is 5.02 Å². The molecule has 8 heteroatoms. The van der Waals surface area contributed by atoms with Crippen LogP contribution in [0.25, 0.3) is 0 Å². The molecule has 0 unspecified atom stereocenters. The summed E-state index contributed by atoms with van der Waals surface area (Å²) >= 11 is 6.19. The van der Waals surface area contributed by atoms with Gasteiger partial charge in [0.2, 0.25) is 5.95 Å². The summed E-state index contributed by atoms with van der Waals surface area (Å²) < 4.78 is 12.6. The number of carbonyl (C=O) groups excluding carboxylic acids is 1. The predicted octanol–water partition coefficient (Wildman–Crippen LogP) is 4.36. The molecular weight excluding hydrogens is 416 g/mol. The Morgan fingerprint density at radius 3 is 2.68 bits per heavy atom. The third-order valence-electron chi connectivity index (χ3n) is 5.91. The van der Waals surface area contributed by atoms with E-state index >= 15 is 0 Å². The molecule has 7 nitrogen and oxygen atoms in total. The predicted molar refractivity (Wildman–Crippen MR) is 117 cm³/mol. The third kappa shape index (κ3) is 3.35. The van der Waals surface area contributed by atoms with E-state index in [-0.39, 0.29) is 17.7 Å². The van der Waals surface area contributed by atoms with Gasteiger partial charge in [-0.2, -0.15) is 10.1 Å². The zero-order chi connectivity index (χ0) is 21.5. The zero-order valence-electron chi connectivity index (χ0n) is 17.1. The molecule has 0 spiro atoms. The maximum atomic E-state index is 13.4. The zero-order valence-corrected chi connectivity index (χ0v) is 17.9. The van der Waals surface area contributed by atoms with E-state index in [0.29, 0.717) is 40.9 Å². The van der Waals surface area contributed by atoms with Gasteiger partial charge in [0, 0.05) is 22.7 Å². The molecule has 3 aromatic rings. The fourth-order valence-corrected chi connectivity index (χ4v) is 4.68. The van der Waals surface area contributed by atoms with Crippen molar-refractivity contribution in [2.75, 3.05) is 19.5 Å². The second-order valence-corrected chi connectivity index (χ2v) is 8.08. The molecule has 1 aliphatic carbocycles. The SMILES string of the molecule is COc1ccc([C@H]2C3=C(C[C@H](c4cccc(Cl)c4)CC3=O)Nc3ncnn32)cc1OC. The van der Waals surface area contributed by atoms with Crippen molar-refractivity contribution in [2.24, 2.45) is 0 Å². The minimum atomic E-state index is -0.388. The third-order valence-corrected chi connectivity index (χ3v) is 6.14. The summed E-state index contributed by atoms with van der Waals surface area (Å²) in [7, 11) is 3.19. The fraction of sp³-hybridized carbons (Fsp3) is 0.261. The molecule has 2 aromatic carbocycles. The number of nitrogens with zero attached hydrogens (tertiary/aromatic N) is 3. The molecule has 2 atom stereocenters. The van der Waals surface area contributed by atoms with Crippen molar-refractivity contribution in [1.29, 1.82) is 0 Å². The van der Waals surface area contributed by atoms with E-state index in [1.165, 1.54) is 6.33 Å². The number of halogens is 1. The first-order chi connectivity index (χ1) is 15.1. The lowest BCUT2D eigenvalue weighted by atomic mass is 9.78. The molecule has 5 rings (SSSR count). The molecule has 0 amide bonds. The van der Waals surface area contributed by atoms with E-state index in [2.05, 4.69) is 15.4 Å². The van der Waals surface area contributed by atoms with E-state index in [1.807, 2.05) is 42.5 Å². The second kappa shape index (κ2) is 7.74. The Bertz CT molecular complexity index is 1200. The molecule has 2 heterocycles. The Labute approximate surface area is 184 Å². The first-order valence-corrected chi connectivity index (χ1v) is 10.4. The van der Waals surface area contributed by atoms with Crippen LogP contribution >= 0.6 is 11.6 Å². The van der Waals surface area contributed by atoms with Gasteiger partial charge >= 0.3 is 0 Å². The van der Waals surface area contributed by atoms with Crippen molar-refractivity contribution in [3.05, 3.63) is 76.2 Å². The number of rotatable bonds is 4. The van der Waals surface area contributed by atoms with Gasteiger partial charge in [0.05, 0.1) is 14.2 Å². The highest BCUT2D eigenvalue weighted by atomic mass is 35.5. The lowest BCUT2D eigenvalue weighted by molar-refractivity contribution is -0.116. The summed E-state index contributed by atoms with van der Waals surface area (Å²) in [5.41, 5.74) is 3.53. The van der Waals surface area contributed by atoms with Crippen molar-refractivity contribution in [2.45, 2.75) is 24.8 Å². The van der Waals surface area contributed by atoms with Crippen LogP contribution in [0, 0.1) is 0 Å². The normalized spacial score (nSPS) is 20.0. The Hall–Kier alpha value is -3.32. The van der Waals surface area contributed by atoms with Crippen molar-refractivity contribution in [1.82, 2.24) is 14.8 Å². The van der Waals surface area contributed by atoms with Crippen LogP contribution in [0.5, 0.6) is 11.5 Å². The lowest BCUT2D eigenvalue weighted by Gasteiger charge is -2.35. The second-order valence-electron chi connectivity index (χ2n) is 7.65. The number of hydrogen-bond acceptors (Lipinski definition) is 6. The van der Waals surface area contributed by atoms with Gasteiger partial charge in [-0.25, -0.2) is 4.68 Å². The summed E-state index contributed by atoms with van der Waals surface area (Å²) in [6.45, 7) is 0. The van der Waals surface area contributed by atoms with Crippen LogP contribution in [-0.4, -0.2) is 34.8 Å². The molecule has 0 fully saturated rings. The maximum Gasteiger partial charge on any atom is 0.226 e. The quantitative estimate of drug-likeness (QED) is 0.654. The highest BCUT2D eigenvalue weighted by Gasteiger charge is 2.39. The smallest absolute Gasteiger partial charge is 0.226 e. The maximum absolute atomic E-state index is 13.4. The van der Waals surface area contributed by atoms with Gasteiger partial charge in [-0.1, -0.05) is 29.8 Å². The largest absolute Gasteiger partial charge is 0.493 e. The van der Waals surface area contributed by atoms with Gasteiger partial charge in [0.25, 0.3) is 0 Å². The van der Waals surface area contributed by atoms with Gasteiger partial charge in [-0.05, 0) is 47.7 Å². The number of nitrogens with one attached hydrogen (secondary N) is 1. The number of carbonyl (C=O) groups is 1. The van der Waals surface area contributed by atoms with E-state index in [1.54, 1.807) is 18.9 Å². The number of hydrogen-bond donors (Lipinski definition) is 1. The van der Waals surface area contributed by atoms with Gasteiger partial charge in [-0.15, -0.1) is 0 Å². The number of ether oxygens (including phenoxy) is 2. The Balaban J connectivity index is 1.60. The average Bonchev–Trinajstić information content (AvgIpc) is 3.25. The summed E-state index contributed by atoms with van der Waals surface area (Å²) in [5, 5.41) is 8.40. The number of allylic oxidation sites excluding steroid dienone is 2. The number of benzene rings is 2. The first-order valence-electron chi connectivity index (χ1n) is 9.99. The standard InChI is InChI=1S/C23H21ClN4O3/c1-30-19-7-6-14(11-20(19)31-2)22-21-17(27-23-25-12-26-28(22)23)9-15(10-18(21)29)13-4-3-5-16(24)8-13/h3-8,11-12,15,22H,9-10H2,1-2H3,(H,25,26,27)/t15-,22-/m0/s1. The van der Waals surface area contributed by atoms with Crippen LogP contribution in [0.3, 0.4) is 0 Å². The monoisotopic (exact) mass is 436 g/mol. The van der Waals surface area contributed by atoms with Crippen molar-refractivity contribution in [3.63, 3.8) is 0 Å². The number of ketones is 1. The number of fused-ring (bicyclic) bond motifs is 1. The Morgan fingerprint density at radius 1 is 1.06 bits per heavy atom. The molecule has 1 N–H and O–H groups in total. The van der Waals surface area contributed by atoms with E-state index < -0.39 is 0 Å². The highest BCUT2D eigenvalue weighted by molar-refractivity contribution is 6.30. The molecule has 1 aromatic heterocycles. The topological polar surface area (TPSA) is 78.3 Å². The molecule has 31 heavy (non-hydrogen) atoms. The van der Waals surface area contributed by atoms with E-state index in [0.717, 1.165) is 16.8 Å². The fourth-order valence-electron chi connectivity index (χ4n) is 4.48. The summed E-state index contributed by atoms with van der Waals surface area (Å²) in [6.07, 6.45) is 2.60. The molecule has 0 saturated carbocycles. The summed E-state index contributed by atoms with van der Waals surface area (Å²) in [4.78, 5) is 17.8. The average molecular weight is 437 g/mol. The Morgan fingerprint density at radius 2 is 1.90 bits per heavy atom. The van der Waals surface area contributed by atoms with Crippen molar-refractivity contribution in [3.8, 4) is 11.5 Å². The molecule has 0 radical (unpaired) electrons. The molecule has 0 saturated heterocycles. The Kier molecular flexibility index (Phi) is 4.90. The molecule has 158 valence electrons. The molecule has 0 bridgehead atoms. The number of aromatic nitrogens is 3. The first kappa shape index (κ1) is 19.6. The van der Waals surface area contributed by atoms with E-state index in [4.69, 9.17) is 21.1 Å². The number of anilines is 1. The van der Waals surface area contributed by atoms with Crippen LogP contribution < -0.4 is 14.8 Å². The molecule has 2 aliphatic rings. The van der Waals surface area contributed by atoms with Crippen LogP contribution in [-0.2, 0) is 4.79 Å². The van der Waals surface area contributed by atoms with Crippen LogP contribution in [0.1, 0.15) is 35.9 Å². The number of methoxy groups -OCH3 is 2. The van der Waals surface area contributed by atoms with Crippen LogP contribution in [0.15, 0.2) is 60.1 Å². The van der Waals surface area contributed by atoms with Crippen LogP contribution in [0.4, 0.5) is 5.95 Å². The van der Waals surface area contributed by atoms with Gasteiger partial charge < -0.3 is 14.8 Å².